The average molecular weight is 574 g/mol. The number of hydrogen-bond donors (Lipinski definition) is 4. The number of hydrogen-bond acceptors (Lipinski definition) is 8. The molecule has 0 aliphatic carbocycles. The lowest BCUT2D eigenvalue weighted by atomic mass is 9.94. The summed E-state index contributed by atoms with van der Waals surface area (Å²) in [4.78, 5) is 38.0. The number of rotatable bonds is 9. The molecule has 0 bridgehead atoms. The highest BCUT2D eigenvalue weighted by atomic mass is 16.5. The third-order valence-electron chi connectivity index (χ3n) is 5.21. The van der Waals surface area contributed by atoms with Crippen LogP contribution in [0.1, 0.15) is 18.1 Å². The first-order valence-electron chi connectivity index (χ1n) is 12.1. The maximum absolute atomic E-state index is 12.5. The van der Waals surface area contributed by atoms with Crippen LogP contribution in [0, 0.1) is 23.7 Å². The molecule has 0 radical (unpaired) electrons. The van der Waals surface area contributed by atoms with Crippen LogP contribution in [-0.2, 0) is 14.4 Å². The molecule has 12 nitrogen and oxygen atoms in total. The van der Waals surface area contributed by atoms with E-state index in [1.807, 2.05) is 44.1 Å². The maximum atomic E-state index is 12.5. The lowest BCUT2D eigenvalue weighted by molar-refractivity contribution is -0.134. The van der Waals surface area contributed by atoms with Gasteiger partial charge in [-0.2, -0.15) is 5.26 Å². The van der Waals surface area contributed by atoms with Crippen molar-refractivity contribution in [2.75, 3.05) is 38.3 Å². The normalized spacial score (nSPS) is 10.3. The van der Waals surface area contributed by atoms with Crippen molar-refractivity contribution in [2.24, 2.45) is 0 Å². The monoisotopic (exact) mass is 573 g/mol. The number of carboxylic acids is 2. The van der Waals surface area contributed by atoms with Crippen LogP contribution >= 0.6 is 0 Å². The maximum Gasteiger partial charge on any atom is 0.328 e. The summed E-state index contributed by atoms with van der Waals surface area (Å²) in [6.07, 6.45) is 9.93. The van der Waals surface area contributed by atoms with Crippen LogP contribution < -0.4 is 15.8 Å². The molecule has 3 aromatic rings. The number of likely N-dealkylation sites (N-methyl/N-ethyl adjacent to an activating group) is 1. The van der Waals surface area contributed by atoms with E-state index in [4.69, 9.17) is 27.1 Å². The molecule has 0 spiro atoms. The zero-order chi connectivity index (χ0) is 30.5. The number of carbonyl (C=O) groups is 3. The minimum absolute atomic E-state index is 0. The first-order valence-corrected chi connectivity index (χ1v) is 12.1. The average Bonchev–Trinajstić information content (AvgIpc) is 2.92. The number of carboxylic acid groups (broad SMARTS) is 2. The van der Waals surface area contributed by atoms with E-state index in [0.29, 0.717) is 58.8 Å². The third kappa shape index (κ3) is 9.81. The molecule has 42 heavy (non-hydrogen) atoms. The summed E-state index contributed by atoms with van der Waals surface area (Å²) in [5.41, 5.74) is 9.37. The zero-order valence-corrected chi connectivity index (χ0v) is 23.2. The minimum atomic E-state index is -1.26. The second kappa shape index (κ2) is 16.4. The number of nitrogen functional groups attached to an aromatic ring is 1. The van der Waals surface area contributed by atoms with E-state index in [9.17, 15) is 19.6 Å². The van der Waals surface area contributed by atoms with E-state index in [1.54, 1.807) is 24.3 Å². The summed E-state index contributed by atoms with van der Waals surface area (Å²) in [7, 11) is 3.84. The lowest BCUT2D eigenvalue weighted by Crippen LogP contribution is -2.13. The van der Waals surface area contributed by atoms with Gasteiger partial charge in [-0.15, -0.1) is 6.42 Å². The number of aromatic nitrogens is 1. The molecular weight excluding hydrogens is 542 g/mol. The Kier molecular flexibility index (Phi) is 13.4. The number of terminal acetylenes is 1. The third-order valence-corrected chi connectivity index (χ3v) is 5.21. The molecule has 12 heteroatoms. The molecule has 1 heterocycles. The molecule has 0 saturated heterocycles. The molecule has 1 amide bonds. The van der Waals surface area contributed by atoms with Gasteiger partial charge in [-0.05, 0) is 44.8 Å². The minimum Gasteiger partial charge on any atom is -0.492 e. The van der Waals surface area contributed by atoms with Crippen molar-refractivity contribution < 1.29 is 34.8 Å². The Hall–Kier alpha value is -5.69. The van der Waals surface area contributed by atoms with Gasteiger partial charge in [0.25, 0.3) is 0 Å². The molecule has 0 aliphatic rings. The molecule has 0 fully saturated rings. The first-order chi connectivity index (χ1) is 19.5. The van der Waals surface area contributed by atoms with Gasteiger partial charge in [-0.1, -0.05) is 24.1 Å². The van der Waals surface area contributed by atoms with Crippen LogP contribution in [0.5, 0.6) is 5.75 Å². The van der Waals surface area contributed by atoms with Crippen molar-refractivity contribution in [2.45, 2.75) is 6.92 Å². The number of nitrogens with one attached hydrogen (secondary N) is 1. The number of fused-ring (bicyclic) bond motifs is 1. The number of nitriles is 1. The van der Waals surface area contributed by atoms with Crippen molar-refractivity contribution in [3.63, 3.8) is 0 Å². The van der Waals surface area contributed by atoms with Gasteiger partial charge in [-0.3, -0.25) is 4.79 Å². The predicted octanol–water partition coefficient (Wildman–Crippen LogP) is 2.68. The number of amides is 1. The molecule has 3 rings (SSSR count). The van der Waals surface area contributed by atoms with Gasteiger partial charge >= 0.3 is 11.9 Å². The number of pyridine rings is 1. The number of carbonyl (C=O) groups excluding carboxylic acids is 1. The fraction of sp³-hybridized carbons (Fsp3) is 0.167. The summed E-state index contributed by atoms with van der Waals surface area (Å²) in [6.45, 7) is 2.88. The SMILES string of the molecule is C#Cc1cccc(-c2c(C#N)c(N)nc3cc(OCC)c(NC(=O)/C=C/CN(C)C)cc23)c1.O.O=C(O)/C=C\C(=O)O. The number of nitrogens with two attached hydrogens (primary N) is 1. The van der Waals surface area contributed by atoms with Gasteiger partial charge in [0.05, 0.1) is 17.8 Å². The van der Waals surface area contributed by atoms with Crippen LogP contribution in [0.2, 0.25) is 0 Å². The van der Waals surface area contributed by atoms with E-state index in [-0.39, 0.29) is 22.8 Å². The molecular formula is C30H31N5O7. The van der Waals surface area contributed by atoms with E-state index in [2.05, 4.69) is 22.3 Å². The second-order valence-corrected chi connectivity index (χ2v) is 8.55. The predicted molar refractivity (Wildman–Crippen MR) is 160 cm³/mol. The first kappa shape index (κ1) is 34.3. The molecule has 0 atom stereocenters. The number of benzene rings is 2. The molecule has 0 aliphatic heterocycles. The van der Waals surface area contributed by atoms with E-state index in [1.165, 1.54) is 6.08 Å². The van der Waals surface area contributed by atoms with Crippen molar-refractivity contribution >= 4 is 40.3 Å². The molecule has 218 valence electrons. The Morgan fingerprint density at radius 1 is 1.14 bits per heavy atom. The van der Waals surface area contributed by atoms with Crippen molar-refractivity contribution in [1.29, 1.82) is 5.26 Å². The van der Waals surface area contributed by atoms with Crippen LogP contribution in [-0.4, -0.2) is 70.7 Å². The number of aliphatic carboxylic acids is 2. The molecule has 0 unspecified atom stereocenters. The number of ether oxygens (including phenoxy) is 1. The van der Waals surface area contributed by atoms with Gasteiger partial charge in [-0.25, -0.2) is 14.6 Å². The summed E-state index contributed by atoms with van der Waals surface area (Å²) in [6, 6.07) is 12.9. The largest absolute Gasteiger partial charge is 0.492 e. The Bertz CT molecular complexity index is 1580. The summed E-state index contributed by atoms with van der Waals surface area (Å²) in [5, 5.41) is 29.0. The summed E-state index contributed by atoms with van der Waals surface area (Å²) in [5.74, 6) is 0.368. The topological polar surface area (TPSA) is 210 Å². The Labute approximate surface area is 242 Å². The van der Waals surface area contributed by atoms with Crippen LogP contribution in [0.15, 0.2) is 60.7 Å². The summed E-state index contributed by atoms with van der Waals surface area (Å²) < 4.78 is 5.75. The number of anilines is 2. The van der Waals surface area contributed by atoms with Gasteiger partial charge < -0.3 is 36.4 Å². The molecule has 2 aromatic carbocycles. The molecule has 1 aromatic heterocycles. The smallest absolute Gasteiger partial charge is 0.328 e. The fourth-order valence-electron chi connectivity index (χ4n) is 3.55. The zero-order valence-electron chi connectivity index (χ0n) is 23.2. The molecule has 7 N–H and O–H groups in total. The second-order valence-electron chi connectivity index (χ2n) is 8.55. The highest BCUT2D eigenvalue weighted by molar-refractivity contribution is 6.06. The number of nitrogens with zero attached hydrogens (tertiary/aromatic N) is 3. The van der Waals surface area contributed by atoms with Crippen molar-refractivity contribution in [3.05, 3.63) is 71.8 Å². The van der Waals surface area contributed by atoms with E-state index >= 15 is 0 Å². The lowest BCUT2D eigenvalue weighted by Gasteiger charge is -2.16. The van der Waals surface area contributed by atoms with Gasteiger partial charge in [0.2, 0.25) is 5.91 Å². The fourth-order valence-corrected chi connectivity index (χ4v) is 3.55. The quantitative estimate of drug-likeness (QED) is 0.217. The van der Waals surface area contributed by atoms with Gasteiger partial charge in [0, 0.05) is 47.4 Å². The van der Waals surface area contributed by atoms with Gasteiger partial charge in [0.1, 0.15) is 23.2 Å². The van der Waals surface area contributed by atoms with Crippen molar-refractivity contribution in [3.8, 4) is 35.3 Å². The van der Waals surface area contributed by atoms with Crippen LogP contribution in [0.25, 0.3) is 22.0 Å². The van der Waals surface area contributed by atoms with Gasteiger partial charge in [0.15, 0.2) is 0 Å². The Morgan fingerprint density at radius 2 is 1.81 bits per heavy atom. The van der Waals surface area contributed by atoms with E-state index in [0.717, 1.165) is 5.56 Å². The standard InChI is InChI=1S/C26H25N5O2.C4H4O4.H2O/c1-5-17-9-7-10-18(13-17)25-19-14-22(29-24(32)11-8-12-31(3)4)23(33-6-2)15-21(19)30-26(28)20(25)16-27;5-3(6)1-2-4(7)8;/h1,7-11,13-15H,6,12H2,2-4H3,(H2,28,30)(H,29,32);1-2H,(H,5,6)(H,7,8);1H2/b11-8+;2-1-;. The van der Waals surface area contributed by atoms with Crippen LogP contribution in [0.3, 0.4) is 0 Å². The Balaban J connectivity index is 0.000000860. The Morgan fingerprint density at radius 3 is 2.36 bits per heavy atom. The van der Waals surface area contributed by atoms with Crippen LogP contribution in [0.4, 0.5) is 11.5 Å². The van der Waals surface area contributed by atoms with E-state index < -0.39 is 11.9 Å². The highest BCUT2D eigenvalue weighted by Gasteiger charge is 2.19. The molecule has 0 saturated carbocycles. The summed E-state index contributed by atoms with van der Waals surface area (Å²) >= 11 is 0. The van der Waals surface area contributed by atoms with Crippen molar-refractivity contribution in [1.82, 2.24) is 9.88 Å². The highest BCUT2D eigenvalue weighted by Crippen LogP contribution is 2.39.